The van der Waals surface area contributed by atoms with Gasteiger partial charge in [0.1, 0.15) is 4.88 Å². The number of nitrogens with two attached hydrogens (primary N) is 1. The summed E-state index contributed by atoms with van der Waals surface area (Å²) >= 11 is 2.13. The van der Waals surface area contributed by atoms with Gasteiger partial charge in [0, 0.05) is 0 Å². The van der Waals surface area contributed by atoms with Gasteiger partial charge in [-0.25, -0.2) is 0 Å². The third kappa shape index (κ3) is 1.27. The molecule has 0 fully saturated rings. The van der Waals surface area contributed by atoms with E-state index >= 15 is 0 Å². The van der Waals surface area contributed by atoms with Crippen molar-refractivity contribution in [1.82, 2.24) is 9.59 Å². The van der Waals surface area contributed by atoms with Crippen LogP contribution in [0.2, 0.25) is 0 Å². The Morgan fingerprint density at radius 3 is 2.90 bits per heavy atom. The summed E-state index contributed by atoms with van der Waals surface area (Å²) in [6, 6.07) is 0. The van der Waals surface area contributed by atoms with E-state index in [1.807, 2.05) is 0 Å². The van der Waals surface area contributed by atoms with Gasteiger partial charge in [0.2, 0.25) is 5.12 Å². The van der Waals surface area contributed by atoms with E-state index in [0.29, 0.717) is 4.88 Å². The van der Waals surface area contributed by atoms with Crippen LogP contribution in [-0.2, 0) is 0 Å². The molecule has 0 aliphatic rings. The number of carbonyl (C=O) groups excluding carboxylic acids is 1. The zero-order valence-corrected chi connectivity index (χ0v) is 6.83. The van der Waals surface area contributed by atoms with Crippen LogP contribution in [0.15, 0.2) is 0 Å². The summed E-state index contributed by atoms with van der Waals surface area (Å²) in [6.07, 6.45) is 1.70. The fourth-order valence-corrected chi connectivity index (χ4v) is 1.50. The second-order valence-corrected chi connectivity index (χ2v) is 3.01. The van der Waals surface area contributed by atoms with Gasteiger partial charge in [-0.2, -0.15) is 0 Å². The van der Waals surface area contributed by atoms with Crippen molar-refractivity contribution < 1.29 is 4.79 Å². The number of nitrogens with zero attached hydrogens (tertiary/aromatic N) is 2. The molecule has 1 heterocycles. The quantitative estimate of drug-likeness (QED) is 0.677. The Morgan fingerprint density at radius 1 is 1.80 bits per heavy atom. The van der Waals surface area contributed by atoms with Gasteiger partial charge in [-0.15, -0.1) is 5.10 Å². The Morgan fingerprint density at radius 2 is 2.50 bits per heavy atom. The number of aromatic nitrogens is 2. The summed E-state index contributed by atoms with van der Waals surface area (Å²) in [5, 5.41) is 3.42. The highest BCUT2D eigenvalue weighted by Crippen LogP contribution is 2.17. The van der Waals surface area contributed by atoms with Crippen LogP contribution in [0.25, 0.3) is 0 Å². The highest BCUT2D eigenvalue weighted by atomic mass is 32.2. The summed E-state index contributed by atoms with van der Waals surface area (Å²) in [4.78, 5) is 11.3. The molecule has 1 aromatic rings. The van der Waals surface area contributed by atoms with Crippen molar-refractivity contribution in [3.05, 3.63) is 4.88 Å². The first-order chi connectivity index (χ1) is 4.75. The summed E-state index contributed by atoms with van der Waals surface area (Å²) < 4.78 is 3.52. The lowest BCUT2D eigenvalue weighted by molar-refractivity contribution is 0.109. The lowest BCUT2D eigenvalue weighted by Gasteiger charge is -1.88. The molecule has 0 saturated carbocycles. The molecule has 2 N–H and O–H groups in total. The van der Waals surface area contributed by atoms with Gasteiger partial charge in [-0.3, -0.25) is 4.79 Å². The largest absolute Gasteiger partial charge is 0.381 e. The van der Waals surface area contributed by atoms with Crippen LogP contribution in [0.4, 0.5) is 5.82 Å². The van der Waals surface area contributed by atoms with E-state index in [-0.39, 0.29) is 10.9 Å². The van der Waals surface area contributed by atoms with Crippen LogP contribution >= 0.6 is 23.3 Å². The van der Waals surface area contributed by atoms with Crippen molar-refractivity contribution in [2.24, 2.45) is 0 Å². The maximum Gasteiger partial charge on any atom is 0.234 e. The second kappa shape index (κ2) is 2.98. The molecule has 4 nitrogen and oxygen atoms in total. The van der Waals surface area contributed by atoms with Crippen molar-refractivity contribution in [2.45, 2.75) is 0 Å². The highest BCUT2D eigenvalue weighted by Gasteiger charge is 2.11. The SMILES string of the molecule is CSC(=O)c1snnc1N. The van der Waals surface area contributed by atoms with E-state index in [1.54, 1.807) is 6.26 Å². The normalized spacial score (nSPS) is 9.70. The number of anilines is 1. The summed E-state index contributed by atoms with van der Waals surface area (Å²) in [5.41, 5.74) is 5.32. The van der Waals surface area contributed by atoms with E-state index in [4.69, 9.17) is 5.73 Å². The highest BCUT2D eigenvalue weighted by molar-refractivity contribution is 8.13. The van der Waals surface area contributed by atoms with Crippen LogP contribution in [0.1, 0.15) is 9.67 Å². The van der Waals surface area contributed by atoms with Crippen LogP contribution in [0.3, 0.4) is 0 Å². The number of hydrogen-bond donors (Lipinski definition) is 1. The first kappa shape index (κ1) is 7.49. The molecular weight excluding hydrogens is 170 g/mol. The van der Waals surface area contributed by atoms with E-state index in [0.717, 1.165) is 23.3 Å². The average molecular weight is 175 g/mol. The van der Waals surface area contributed by atoms with E-state index < -0.39 is 0 Å². The van der Waals surface area contributed by atoms with Crippen molar-refractivity contribution in [3.8, 4) is 0 Å². The van der Waals surface area contributed by atoms with Gasteiger partial charge in [0.15, 0.2) is 5.82 Å². The third-order valence-electron chi connectivity index (χ3n) is 0.884. The van der Waals surface area contributed by atoms with Gasteiger partial charge < -0.3 is 5.73 Å². The number of carbonyl (C=O) groups is 1. The van der Waals surface area contributed by atoms with Gasteiger partial charge in [0.05, 0.1) is 0 Å². The third-order valence-corrected chi connectivity index (χ3v) is 2.33. The van der Waals surface area contributed by atoms with Gasteiger partial charge in [0.25, 0.3) is 0 Å². The molecule has 1 aromatic heterocycles. The fraction of sp³-hybridized carbons (Fsp3) is 0.250. The Hall–Kier alpha value is -0.620. The molecule has 6 heteroatoms. The van der Waals surface area contributed by atoms with Crippen molar-refractivity contribution >= 4 is 34.2 Å². The molecule has 0 amide bonds. The maximum absolute atomic E-state index is 10.9. The summed E-state index contributed by atoms with van der Waals surface area (Å²) in [6.45, 7) is 0. The molecule has 0 atom stereocenters. The molecule has 0 saturated heterocycles. The minimum atomic E-state index is -0.0764. The summed E-state index contributed by atoms with van der Waals surface area (Å²) in [7, 11) is 0. The first-order valence-electron chi connectivity index (χ1n) is 2.42. The first-order valence-corrected chi connectivity index (χ1v) is 4.41. The van der Waals surface area contributed by atoms with Crippen LogP contribution in [0.5, 0.6) is 0 Å². The van der Waals surface area contributed by atoms with Gasteiger partial charge in [-0.1, -0.05) is 16.3 Å². The van der Waals surface area contributed by atoms with E-state index in [9.17, 15) is 4.79 Å². The topological polar surface area (TPSA) is 68.9 Å². The number of nitrogen functional groups attached to an aromatic ring is 1. The predicted molar refractivity (Wildman–Crippen MR) is 42.2 cm³/mol. The van der Waals surface area contributed by atoms with E-state index in [1.165, 1.54) is 0 Å². The monoisotopic (exact) mass is 175 g/mol. The molecule has 0 bridgehead atoms. The lowest BCUT2D eigenvalue weighted by Crippen LogP contribution is -1.95. The Kier molecular flexibility index (Phi) is 2.23. The smallest absolute Gasteiger partial charge is 0.234 e. The van der Waals surface area contributed by atoms with Crippen molar-refractivity contribution in [2.75, 3.05) is 12.0 Å². The van der Waals surface area contributed by atoms with Crippen LogP contribution in [0, 0.1) is 0 Å². The number of thioether (sulfide) groups is 1. The Balaban J connectivity index is 2.93. The molecular formula is C4H5N3OS2. The minimum Gasteiger partial charge on any atom is -0.381 e. The molecule has 0 aromatic carbocycles. The molecule has 0 aliphatic heterocycles. The maximum atomic E-state index is 10.9. The number of hydrogen-bond acceptors (Lipinski definition) is 6. The molecule has 0 spiro atoms. The average Bonchev–Trinajstić information content (AvgIpc) is 2.34. The van der Waals surface area contributed by atoms with E-state index in [2.05, 4.69) is 9.59 Å². The van der Waals surface area contributed by atoms with Crippen molar-refractivity contribution in [3.63, 3.8) is 0 Å². The molecule has 54 valence electrons. The second-order valence-electron chi connectivity index (χ2n) is 1.48. The fourth-order valence-electron chi connectivity index (χ4n) is 0.432. The number of rotatable bonds is 1. The standard InChI is InChI=1S/C4H5N3OS2/c1-9-4(8)2-3(5)6-7-10-2/h5H2,1H3. The van der Waals surface area contributed by atoms with Crippen molar-refractivity contribution in [1.29, 1.82) is 0 Å². The molecule has 0 aliphatic carbocycles. The van der Waals surface area contributed by atoms with Crippen LogP contribution < -0.4 is 5.73 Å². The Bertz CT molecular complexity index is 246. The lowest BCUT2D eigenvalue weighted by atomic mass is 10.5. The minimum absolute atomic E-state index is 0.0764. The van der Waals surface area contributed by atoms with Gasteiger partial charge in [-0.05, 0) is 17.8 Å². The summed E-state index contributed by atoms with van der Waals surface area (Å²) in [5.74, 6) is 0.226. The zero-order chi connectivity index (χ0) is 7.56. The molecule has 0 radical (unpaired) electrons. The molecule has 1 rings (SSSR count). The zero-order valence-electron chi connectivity index (χ0n) is 5.20. The molecule has 10 heavy (non-hydrogen) atoms. The predicted octanol–water partition coefficient (Wildman–Crippen LogP) is 0.624. The van der Waals surface area contributed by atoms with Gasteiger partial charge >= 0.3 is 0 Å². The Labute approximate surface area is 66.0 Å². The molecule has 0 unspecified atom stereocenters. The van der Waals surface area contributed by atoms with Crippen LogP contribution in [-0.4, -0.2) is 21.0 Å².